The standard InChI is InChI=1S/C16H22ClNO3/c17-13-8-6-12(7-9-13)15(19)10-18-16(20)11-21-14-4-2-1-3-5-14/h6-9,14-15,19H,1-5,10-11H2,(H,18,20). The molecule has 0 aliphatic heterocycles. The quantitative estimate of drug-likeness (QED) is 0.849. The minimum Gasteiger partial charge on any atom is -0.387 e. The summed E-state index contributed by atoms with van der Waals surface area (Å²) in [5.41, 5.74) is 0.730. The first-order valence-electron chi connectivity index (χ1n) is 7.47. The van der Waals surface area contributed by atoms with Crippen LogP contribution >= 0.6 is 11.6 Å². The van der Waals surface area contributed by atoms with Crippen LogP contribution in [0, 0.1) is 0 Å². The maximum Gasteiger partial charge on any atom is 0.246 e. The highest BCUT2D eigenvalue weighted by molar-refractivity contribution is 6.30. The van der Waals surface area contributed by atoms with Crippen LogP contribution < -0.4 is 5.32 Å². The van der Waals surface area contributed by atoms with Crippen LogP contribution in [0.5, 0.6) is 0 Å². The number of nitrogens with one attached hydrogen (secondary N) is 1. The molecule has 1 amide bonds. The minimum absolute atomic E-state index is 0.0675. The number of hydrogen-bond donors (Lipinski definition) is 2. The number of amides is 1. The van der Waals surface area contributed by atoms with Crippen LogP contribution in [0.1, 0.15) is 43.8 Å². The molecule has 0 saturated heterocycles. The molecule has 0 aromatic heterocycles. The highest BCUT2D eigenvalue weighted by Gasteiger charge is 2.15. The van der Waals surface area contributed by atoms with Gasteiger partial charge in [0.25, 0.3) is 0 Å². The summed E-state index contributed by atoms with van der Waals surface area (Å²) in [5.74, 6) is -0.186. The average Bonchev–Trinajstić information content (AvgIpc) is 2.52. The molecule has 1 atom stereocenters. The van der Waals surface area contributed by atoms with Gasteiger partial charge in [-0.3, -0.25) is 4.79 Å². The van der Waals surface area contributed by atoms with Crippen molar-refractivity contribution in [2.24, 2.45) is 0 Å². The van der Waals surface area contributed by atoms with E-state index >= 15 is 0 Å². The smallest absolute Gasteiger partial charge is 0.246 e. The van der Waals surface area contributed by atoms with Crippen molar-refractivity contribution in [2.75, 3.05) is 13.2 Å². The van der Waals surface area contributed by atoms with Gasteiger partial charge in [-0.1, -0.05) is 43.0 Å². The molecule has 0 heterocycles. The van der Waals surface area contributed by atoms with Gasteiger partial charge < -0.3 is 15.2 Å². The molecule has 0 radical (unpaired) electrons. The van der Waals surface area contributed by atoms with Crippen molar-refractivity contribution >= 4 is 17.5 Å². The lowest BCUT2D eigenvalue weighted by Crippen LogP contribution is -2.33. The third kappa shape index (κ3) is 5.65. The number of carbonyl (C=O) groups excluding carboxylic acids is 1. The van der Waals surface area contributed by atoms with Crippen LogP contribution in [0.15, 0.2) is 24.3 Å². The van der Waals surface area contributed by atoms with E-state index in [1.54, 1.807) is 24.3 Å². The molecule has 2 rings (SSSR count). The Hall–Kier alpha value is -1.10. The first-order valence-corrected chi connectivity index (χ1v) is 7.85. The lowest BCUT2D eigenvalue weighted by molar-refractivity contribution is -0.128. The first-order chi connectivity index (χ1) is 10.1. The van der Waals surface area contributed by atoms with Gasteiger partial charge in [-0.25, -0.2) is 0 Å². The number of aliphatic hydroxyl groups is 1. The second-order valence-electron chi connectivity index (χ2n) is 5.44. The van der Waals surface area contributed by atoms with E-state index in [1.807, 2.05) is 0 Å². The Morgan fingerprint density at radius 1 is 1.29 bits per heavy atom. The summed E-state index contributed by atoms with van der Waals surface area (Å²) in [6.45, 7) is 0.243. The molecule has 21 heavy (non-hydrogen) atoms. The predicted octanol–water partition coefficient (Wildman–Crippen LogP) is 2.84. The second-order valence-corrected chi connectivity index (χ2v) is 5.88. The van der Waals surface area contributed by atoms with Gasteiger partial charge in [-0.2, -0.15) is 0 Å². The molecule has 1 aliphatic carbocycles. The zero-order valence-corrected chi connectivity index (χ0v) is 12.8. The number of benzene rings is 1. The summed E-state index contributed by atoms with van der Waals surface area (Å²) in [6, 6.07) is 6.93. The fourth-order valence-electron chi connectivity index (χ4n) is 2.49. The highest BCUT2D eigenvalue weighted by atomic mass is 35.5. The second kappa shape index (κ2) is 8.37. The summed E-state index contributed by atoms with van der Waals surface area (Å²) < 4.78 is 5.59. The van der Waals surface area contributed by atoms with E-state index in [-0.39, 0.29) is 25.2 Å². The number of halogens is 1. The molecule has 116 valence electrons. The van der Waals surface area contributed by atoms with Crippen molar-refractivity contribution in [1.82, 2.24) is 5.32 Å². The van der Waals surface area contributed by atoms with Crippen LogP contribution in [0.25, 0.3) is 0 Å². The van der Waals surface area contributed by atoms with Gasteiger partial charge in [-0.15, -0.1) is 0 Å². The van der Waals surface area contributed by atoms with E-state index in [4.69, 9.17) is 16.3 Å². The Kier molecular flexibility index (Phi) is 6.49. The molecular weight excluding hydrogens is 290 g/mol. The Balaban J connectivity index is 1.67. The zero-order valence-electron chi connectivity index (χ0n) is 12.1. The van der Waals surface area contributed by atoms with Gasteiger partial charge in [0.2, 0.25) is 5.91 Å². The van der Waals surface area contributed by atoms with Gasteiger partial charge in [-0.05, 0) is 30.5 Å². The monoisotopic (exact) mass is 311 g/mol. The molecule has 1 unspecified atom stereocenters. The van der Waals surface area contributed by atoms with Gasteiger partial charge in [0, 0.05) is 11.6 Å². The summed E-state index contributed by atoms with van der Waals surface area (Å²) >= 11 is 5.79. The summed E-state index contributed by atoms with van der Waals surface area (Å²) in [7, 11) is 0. The molecule has 0 bridgehead atoms. The third-order valence-electron chi connectivity index (χ3n) is 3.75. The van der Waals surface area contributed by atoms with Crippen molar-refractivity contribution in [2.45, 2.75) is 44.3 Å². The molecule has 1 aliphatic rings. The van der Waals surface area contributed by atoms with Gasteiger partial charge >= 0.3 is 0 Å². The fourth-order valence-corrected chi connectivity index (χ4v) is 2.62. The third-order valence-corrected chi connectivity index (χ3v) is 4.00. The van der Waals surface area contributed by atoms with Crippen LogP contribution in [0.4, 0.5) is 0 Å². The molecule has 1 aromatic carbocycles. The van der Waals surface area contributed by atoms with Crippen LogP contribution in [-0.2, 0) is 9.53 Å². The van der Waals surface area contributed by atoms with Crippen molar-refractivity contribution in [1.29, 1.82) is 0 Å². The van der Waals surface area contributed by atoms with Crippen molar-refractivity contribution in [3.63, 3.8) is 0 Å². The van der Waals surface area contributed by atoms with E-state index in [9.17, 15) is 9.90 Å². The molecule has 1 fully saturated rings. The highest BCUT2D eigenvalue weighted by Crippen LogP contribution is 2.20. The number of ether oxygens (including phenoxy) is 1. The SMILES string of the molecule is O=C(COC1CCCCC1)NCC(O)c1ccc(Cl)cc1. The van der Waals surface area contributed by atoms with Gasteiger partial charge in [0.15, 0.2) is 0 Å². The fraction of sp³-hybridized carbons (Fsp3) is 0.562. The summed E-state index contributed by atoms with van der Waals surface area (Å²) in [6.07, 6.45) is 5.19. The molecule has 1 saturated carbocycles. The minimum atomic E-state index is -0.735. The largest absolute Gasteiger partial charge is 0.387 e. The zero-order chi connectivity index (χ0) is 15.1. The molecule has 0 spiro atoms. The summed E-state index contributed by atoms with van der Waals surface area (Å²) in [5, 5.41) is 13.3. The van der Waals surface area contributed by atoms with E-state index in [0.29, 0.717) is 5.02 Å². The Morgan fingerprint density at radius 3 is 2.62 bits per heavy atom. The number of carbonyl (C=O) groups is 1. The van der Waals surface area contributed by atoms with E-state index < -0.39 is 6.10 Å². The van der Waals surface area contributed by atoms with E-state index in [0.717, 1.165) is 18.4 Å². The average molecular weight is 312 g/mol. The van der Waals surface area contributed by atoms with Crippen LogP contribution in [-0.4, -0.2) is 30.3 Å². The van der Waals surface area contributed by atoms with Crippen molar-refractivity contribution in [3.05, 3.63) is 34.9 Å². The maximum atomic E-state index is 11.7. The lowest BCUT2D eigenvalue weighted by Gasteiger charge is -2.21. The van der Waals surface area contributed by atoms with Crippen molar-refractivity contribution in [3.8, 4) is 0 Å². The molecule has 1 aromatic rings. The van der Waals surface area contributed by atoms with Gasteiger partial charge in [0.05, 0.1) is 12.2 Å². The lowest BCUT2D eigenvalue weighted by atomic mass is 9.98. The topological polar surface area (TPSA) is 58.6 Å². The molecule has 2 N–H and O–H groups in total. The Bertz CT molecular complexity index is 443. The molecule has 4 nitrogen and oxygen atoms in total. The number of hydrogen-bond acceptors (Lipinski definition) is 3. The summed E-state index contributed by atoms with van der Waals surface area (Å²) in [4.78, 5) is 11.7. The first kappa shape index (κ1) is 16.3. The Morgan fingerprint density at radius 2 is 1.95 bits per heavy atom. The van der Waals surface area contributed by atoms with E-state index in [1.165, 1.54) is 19.3 Å². The number of rotatable bonds is 6. The van der Waals surface area contributed by atoms with Crippen LogP contribution in [0.3, 0.4) is 0 Å². The molecular formula is C16H22ClNO3. The van der Waals surface area contributed by atoms with Crippen LogP contribution in [0.2, 0.25) is 5.02 Å². The van der Waals surface area contributed by atoms with Crippen molar-refractivity contribution < 1.29 is 14.6 Å². The maximum absolute atomic E-state index is 11.7. The van der Waals surface area contributed by atoms with E-state index in [2.05, 4.69) is 5.32 Å². The predicted molar refractivity (Wildman–Crippen MR) is 82.2 cm³/mol. The molecule has 5 heteroatoms. The normalized spacial score (nSPS) is 17.4. The number of aliphatic hydroxyl groups excluding tert-OH is 1. The van der Waals surface area contributed by atoms with Gasteiger partial charge in [0.1, 0.15) is 6.61 Å². The Labute approximate surface area is 130 Å².